The zero-order chi connectivity index (χ0) is 9.54. The Morgan fingerprint density at radius 2 is 2.14 bits per heavy atom. The van der Waals surface area contributed by atoms with Crippen molar-refractivity contribution in [1.29, 1.82) is 0 Å². The Kier molecular flexibility index (Phi) is 1.28. The first-order valence-electron chi connectivity index (χ1n) is 4.20. The zero-order valence-electron chi connectivity index (χ0n) is 7.15. The van der Waals surface area contributed by atoms with Gasteiger partial charge in [-0.05, 0) is 12.1 Å². The fraction of sp³-hybridized carbons (Fsp3) is 0. The van der Waals surface area contributed by atoms with Gasteiger partial charge in [0.15, 0.2) is 5.43 Å². The van der Waals surface area contributed by atoms with E-state index in [9.17, 15) is 4.79 Å². The molecule has 3 rings (SSSR count). The fourth-order valence-corrected chi connectivity index (χ4v) is 1.57. The number of H-pyrrole nitrogens is 1. The summed E-state index contributed by atoms with van der Waals surface area (Å²) in [6.45, 7) is 0. The number of aromatic amines is 1. The normalized spacial score (nSPS) is 11.1. The molecule has 2 aromatic heterocycles. The molecule has 0 spiro atoms. The van der Waals surface area contributed by atoms with Crippen molar-refractivity contribution in [2.45, 2.75) is 0 Å². The minimum absolute atomic E-state index is 0.0330. The van der Waals surface area contributed by atoms with Gasteiger partial charge in [0.2, 0.25) is 0 Å². The van der Waals surface area contributed by atoms with Crippen molar-refractivity contribution in [2.24, 2.45) is 0 Å². The summed E-state index contributed by atoms with van der Waals surface area (Å²) in [5.41, 5.74) is 1.42. The fourth-order valence-electron chi connectivity index (χ4n) is 1.57. The maximum absolute atomic E-state index is 11.5. The van der Waals surface area contributed by atoms with Gasteiger partial charge in [-0.2, -0.15) is 5.10 Å². The van der Waals surface area contributed by atoms with Crippen LogP contribution in [0, 0.1) is 0 Å². The molecule has 0 atom stereocenters. The highest BCUT2D eigenvalue weighted by molar-refractivity contribution is 6.01. The van der Waals surface area contributed by atoms with E-state index in [0.717, 1.165) is 10.9 Å². The van der Waals surface area contributed by atoms with Crippen LogP contribution in [0.25, 0.3) is 21.9 Å². The van der Waals surface area contributed by atoms with Gasteiger partial charge in [-0.15, -0.1) is 0 Å². The molecule has 0 aliphatic carbocycles. The topological polar surface area (TPSA) is 58.9 Å². The summed E-state index contributed by atoms with van der Waals surface area (Å²) in [6.07, 6.45) is 3.05. The lowest BCUT2D eigenvalue weighted by molar-refractivity contribution is 0.606. The molecule has 0 unspecified atom stereocenters. The molecule has 4 heteroatoms. The molecule has 0 saturated heterocycles. The van der Waals surface area contributed by atoms with Gasteiger partial charge in [-0.3, -0.25) is 9.89 Å². The Morgan fingerprint density at radius 1 is 1.21 bits per heavy atom. The summed E-state index contributed by atoms with van der Waals surface area (Å²) < 4.78 is 5.30. The molecule has 1 N–H and O–H groups in total. The van der Waals surface area contributed by atoms with E-state index < -0.39 is 0 Å². The van der Waals surface area contributed by atoms with Crippen LogP contribution < -0.4 is 5.43 Å². The van der Waals surface area contributed by atoms with E-state index in [-0.39, 0.29) is 5.43 Å². The number of hydrogen-bond acceptors (Lipinski definition) is 3. The number of benzene rings is 1. The number of nitrogens with zero attached hydrogens (tertiary/aromatic N) is 1. The zero-order valence-corrected chi connectivity index (χ0v) is 7.15. The highest BCUT2D eigenvalue weighted by Crippen LogP contribution is 2.20. The quantitative estimate of drug-likeness (QED) is 0.581. The molecule has 2 heterocycles. The Morgan fingerprint density at radius 3 is 3.07 bits per heavy atom. The van der Waals surface area contributed by atoms with Gasteiger partial charge in [-0.1, -0.05) is 0 Å². The molecule has 14 heavy (non-hydrogen) atoms. The molecule has 4 nitrogen and oxygen atoms in total. The highest BCUT2D eigenvalue weighted by atomic mass is 16.3. The van der Waals surface area contributed by atoms with E-state index in [1.54, 1.807) is 12.3 Å². The molecule has 3 aromatic rings. The van der Waals surface area contributed by atoms with Gasteiger partial charge in [0.25, 0.3) is 0 Å². The van der Waals surface area contributed by atoms with E-state index in [1.807, 2.05) is 6.07 Å². The first-order valence-corrected chi connectivity index (χ1v) is 4.20. The summed E-state index contributed by atoms with van der Waals surface area (Å²) >= 11 is 0. The Hall–Kier alpha value is -2.10. The van der Waals surface area contributed by atoms with Crippen LogP contribution in [-0.2, 0) is 0 Å². The van der Waals surface area contributed by atoms with Crippen LogP contribution in [0.1, 0.15) is 0 Å². The number of fused-ring (bicyclic) bond motifs is 3. The molecule has 0 fully saturated rings. The molecular formula is C10H6N2O2. The summed E-state index contributed by atoms with van der Waals surface area (Å²) in [7, 11) is 0. The number of aromatic nitrogens is 2. The van der Waals surface area contributed by atoms with Gasteiger partial charge >= 0.3 is 0 Å². The minimum atomic E-state index is -0.0330. The first-order chi connectivity index (χ1) is 6.86. The lowest BCUT2D eigenvalue weighted by Gasteiger charge is -1.95. The Balaban J connectivity index is 2.71. The van der Waals surface area contributed by atoms with Gasteiger partial charge in [0.1, 0.15) is 5.58 Å². The standard InChI is InChI=1S/C10H6N2O2/c13-9-3-4-14-10-6(9)1-2-8-7(10)5-11-12-8/h1-5H,(H,11,12). The molecule has 0 bridgehead atoms. The van der Waals surface area contributed by atoms with Crippen LogP contribution in [0.15, 0.2) is 39.9 Å². The molecule has 0 aliphatic rings. The van der Waals surface area contributed by atoms with Gasteiger partial charge < -0.3 is 4.42 Å². The lowest BCUT2D eigenvalue weighted by Crippen LogP contribution is -1.97. The summed E-state index contributed by atoms with van der Waals surface area (Å²) in [5.74, 6) is 0. The molecule has 68 valence electrons. The van der Waals surface area contributed by atoms with Crippen molar-refractivity contribution < 1.29 is 4.42 Å². The summed E-state index contributed by atoms with van der Waals surface area (Å²) in [5, 5.41) is 8.13. The Labute approximate surface area is 78.2 Å². The van der Waals surface area contributed by atoms with Crippen LogP contribution in [0.3, 0.4) is 0 Å². The highest BCUT2D eigenvalue weighted by Gasteiger charge is 2.05. The smallest absolute Gasteiger partial charge is 0.192 e. The van der Waals surface area contributed by atoms with Crippen molar-refractivity contribution in [2.75, 3.05) is 0 Å². The van der Waals surface area contributed by atoms with E-state index >= 15 is 0 Å². The molecule has 1 aromatic carbocycles. The van der Waals surface area contributed by atoms with Crippen molar-refractivity contribution >= 4 is 21.9 Å². The average molecular weight is 186 g/mol. The molecule has 0 aliphatic heterocycles. The van der Waals surface area contributed by atoms with E-state index in [4.69, 9.17) is 4.42 Å². The molecule has 0 radical (unpaired) electrons. The SMILES string of the molecule is O=c1ccoc2c1ccc1[nH]ncc12. The second-order valence-electron chi connectivity index (χ2n) is 3.06. The maximum atomic E-state index is 11.5. The summed E-state index contributed by atoms with van der Waals surface area (Å²) in [6, 6.07) is 4.97. The van der Waals surface area contributed by atoms with Crippen LogP contribution in [0.2, 0.25) is 0 Å². The average Bonchev–Trinajstić information content (AvgIpc) is 2.66. The Bertz CT molecular complexity index is 666. The monoisotopic (exact) mass is 186 g/mol. The van der Waals surface area contributed by atoms with Crippen LogP contribution in [0.4, 0.5) is 0 Å². The third-order valence-electron chi connectivity index (χ3n) is 2.25. The largest absolute Gasteiger partial charge is 0.463 e. The molecular weight excluding hydrogens is 180 g/mol. The van der Waals surface area contributed by atoms with Crippen molar-refractivity contribution in [3.8, 4) is 0 Å². The van der Waals surface area contributed by atoms with Crippen molar-refractivity contribution in [1.82, 2.24) is 10.2 Å². The number of nitrogens with one attached hydrogen (secondary N) is 1. The maximum Gasteiger partial charge on any atom is 0.192 e. The van der Waals surface area contributed by atoms with E-state index in [2.05, 4.69) is 10.2 Å². The third-order valence-corrected chi connectivity index (χ3v) is 2.25. The van der Waals surface area contributed by atoms with Crippen LogP contribution >= 0.6 is 0 Å². The lowest BCUT2D eigenvalue weighted by atomic mass is 10.2. The van der Waals surface area contributed by atoms with E-state index in [0.29, 0.717) is 11.0 Å². The first kappa shape index (κ1) is 7.32. The minimum Gasteiger partial charge on any atom is -0.463 e. The van der Waals surface area contributed by atoms with Crippen molar-refractivity contribution in [3.63, 3.8) is 0 Å². The van der Waals surface area contributed by atoms with Gasteiger partial charge in [0.05, 0.1) is 28.7 Å². The second-order valence-corrected chi connectivity index (χ2v) is 3.06. The van der Waals surface area contributed by atoms with Crippen LogP contribution in [0.5, 0.6) is 0 Å². The predicted octanol–water partition coefficient (Wildman–Crippen LogP) is 1.67. The van der Waals surface area contributed by atoms with Crippen LogP contribution in [-0.4, -0.2) is 10.2 Å². The van der Waals surface area contributed by atoms with Gasteiger partial charge in [-0.25, -0.2) is 0 Å². The van der Waals surface area contributed by atoms with E-state index in [1.165, 1.54) is 12.3 Å². The second kappa shape index (κ2) is 2.45. The predicted molar refractivity (Wildman–Crippen MR) is 52.1 cm³/mol. The molecule has 0 saturated carbocycles. The third kappa shape index (κ3) is 0.821. The van der Waals surface area contributed by atoms with Crippen molar-refractivity contribution in [3.05, 3.63) is 40.9 Å². The summed E-state index contributed by atoms with van der Waals surface area (Å²) in [4.78, 5) is 11.5. The number of rotatable bonds is 0. The number of hydrogen-bond donors (Lipinski definition) is 1. The molecule has 0 amide bonds. The van der Waals surface area contributed by atoms with Gasteiger partial charge in [0, 0.05) is 6.07 Å².